The lowest BCUT2D eigenvalue weighted by molar-refractivity contribution is 0.468. The Morgan fingerprint density at radius 2 is 1.73 bits per heavy atom. The predicted octanol–water partition coefficient (Wildman–Crippen LogP) is 3.53. The van der Waals surface area contributed by atoms with E-state index in [-0.39, 0.29) is 0 Å². The predicted molar refractivity (Wildman–Crippen MR) is 67.0 cm³/mol. The van der Waals surface area contributed by atoms with Gasteiger partial charge in [0.2, 0.25) is 0 Å². The van der Waals surface area contributed by atoms with Crippen LogP contribution in [0.25, 0.3) is 0 Å². The molecule has 1 nitrogen and oxygen atoms in total. The van der Waals surface area contributed by atoms with Gasteiger partial charge in [-0.25, -0.2) is 0 Å². The van der Waals surface area contributed by atoms with E-state index in [0.29, 0.717) is 6.04 Å². The van der Waals surface area contributed by atoms with E-state index < -0.39 is 0 Å². The van der Waals surface area contributed by atoms with Crippen molar-refractivity contribution in [2.75, 3.05) is 0 Å². The van der Waals surface area contributed by atoms with E-state index in [1.165, 1.54) is 30.4 Å². The third kappa shape index (κ3) is 3.67. The van der Waals surface area contributed by atoms with Gasteiger partial charge in [-0.3, -0.25) is 0 Å². The van der Waals surface area contributed by atoms with E-state index >= 15 is 0 Å². The molecule has 1 heterocycles. The summed E-state index contributed by atoms with van der Waals surface area (Å²) in [6.45, 7) is 7.54. The van der Waals surface area contributed by atoms with Crippen molar-refractivity contribution in [1.29, 1.82) is 0 Å². The van der Waals surface area contributed by atoms with Crippen molar-refractivity contribution in [1.82, 2.24) is 5.32 Å². The van der Waals surface area contributed by atoms with Crippen LogP contribution >= 0.6 is 0 Å². The molecule has 0 fully saturated rings. The summed E-state index contributed by atoms with van der Waals surface area (Å²) in [5.74, 6) is 0. The van der Waals surface area contributed by atoms with Crippen LogP contribution in [0.4, 0.5) is 0 Å². The van der Waals surface area contributed by atoms with Crippen LogP contribution in [0.3, 0.4) is 0 Å². The second kappa shape index (κ2) is 6.62. The van der Waals surface area contributed by atoms with Gasteiger partial charge in [0.25, 0.3) is 0 Å². The van der Waals surface area contributed by atoms with Crippen LogP contribution in [0, 0.1) is 0 Å². The number of fused-ring (bicyclic) bond motifs is 1. The maximum Gasteiger partial charge on any atom is 0.0210 e. The van der Waals surface area contributed by atoms with E-state index in [1.807, 2.05) is 0 Å². The second-order valence-corrected chi connectivity index (χ2v) is 4.17. The lowest BCUT2D eigenvalue weighted by Gasteiger charge is -2.24. The first-order chi connectivity index (χ1) is 7.31. The molecule has 84 valence electrons. The molecule has 0 aromatic heterocycles. The zero-order chi connectivity index (χ0) is 11.1. The molecule has 1 aliphatic heterocycles. The molecule has 1 aromatic carbocycles. The smallest absolute Gasteiger partial charge is 0.0210 e. The molecule has 2 rings (SSSR count). The highest BCUT2D eigenvalue weighted by Gasteiger charge is 2.14. The Kier molecular flexibility index (Phi) is 5.41. The second-order valence-electron chi connectivity index (χ2n) is 4.17. The van der Waals surface area contributed by atoms with E-state index in [0.717, 1.165) is 6.54 Å². The minimum atomic E-state index is 0.694. The maximum absolute atomic E-state index is 3.52. The van der Waals surface area contributed by atoms with E-state index in [4.69, 9.17) is 0 Å². The van der Waals surface area contributed by atoms with Crippen molar-refractivity contribution in [3.05, 3.63) is 35.4 Å². The zero-order valence-electron chi connectivity index (χ0n) is 10.2. The summed E-state index contributed by atoms with van der Waals surface area (Å²) in [6.07, 6.45) is 3.68. The molecule has 0 saturated heterocycles. The van der Waals surface area contributed by atoms with Gasteiger partial charge in [-0.15, -0.1) is 0 Å². The Morgan fingerprint density at radius 3 is 2.33 bits per heavy atom. The number of nitrogens with one attached hydrogen (secondary N) is 1. The van der Waals surface area contributed by atoms with E-state index in [2.05, 4.69) is 50.4 Å². The van der Waals surface area contributed by atoms with Gasteiger partial charge < -0.3 is 5.32 Å². The molecule has 1 heteroatoms. The third-order valence-electron chi connectivity index (χ3n) is 2.66. The molecule has 0 saturated carbocycles. The van der Waals surface area contributed by atoms with Crippen molar-refractivity contribution in [3.8, 4) is 0 Å². The largest absolute Gasteiger partial charge is 0.310 e. The first kappa shape index (κ1) is 12.3. The molecular formula is C14H23N. The van der Waals surface area contributed by atoms with Gasteiger partial charge in [-0.2, -0.15) is 0 Å². The molecule has 0 amide bonds. The average Bonchev–Trinajstić information content (AvgIpc) is 2.29. The van der Waals surface area contributed by atoms with Crippen LogP contribution in [-0.4, -0.2) is 6.04 Å². The minimum absolute atomic E-state index is 0.694. The third-order valence-corrected chi connectivity index (χ3v) is 2.66. The van der Waals surface area contributed by atoms with Crippen LogP contribution in [0.2, 0.25) is 0 Å². The van der Waals surface area contributed by atoms with Gasteiger partial charge in [0.15, 0.2) is 0 Å². The Labute approximate surface area is 93.9 Å². The van der Waals surface area contributed by atoms with Gasteiger partial charge in [0.05, 0.1) is 0 Å². The topological polar surface area (TPSA) is 12.0 Å². The van der Waals surface area contributed by atoms with Gasteiger partial charge in [0.1, 0.15) is 0 Å². The Hall–Kier alpha value is -0.820. The fourth-order valence-electron chi connectivity index (χ4n) is 1.81. The number of hydrogen-bond donors (Lipinski definition) is 1. The van der Waals surface area contributed by atoms with Gasteiger partial charge >= 0.3 is 0 Å². The first-order valence-electron chi connectivity index (χ1n) is 6.11. The number of hydrogen-bond acceptors (Lipinski definition) is 1. The fraction of sp³-hybridized carbons (Fsp3) is 0.571. The molecule has 1 atom stereocenters. The first-order valence-corrected chi connectivity index (χ1v) is 6.11. The quantitative estimate of drug-likeness (QED) is 0.739. The van der Waals surface area contributed by atoms with E-state index in [1.54, 1.807) is 0 Å². The highest BCUT2D eigenvalue weighted by Crippen LogP contribution is 2.17. The summed E-state index contributed by atoms with van der Waals surface area (Å²) in [4.78, 5) is 0. The van der Waals surface area contributed by atoms with Crippen LogP contribution in [0.1, 0.15) is 44.7 Å². The van der Waals surface area contributed by atoms with Crippen molar-refractivity contribution in [2.45, 2.75) is 52.6 Å². The summed E-state index contributed by atoms with van der Waals surface area (Å²) in [6, 6.07) is 9.41. The number of benzene rings is 1. The zero-order valence-corrected chi connectivity index (χ0v) is 10.2. The standard InChI is InChI=1S/C11H15N.C3H8/c1-2-11-7-9-5-3-4-6-10(9)8-12-11;1-3-2/h3-6,11-12H,2,7-8H2,1H3;3H2,1-2H3. The lowest BCUT2D eigenvalue weighted by Crippen LogP contribution is -2.34. The monoisotopic (exact) mass is 205 g/mol. The summed E-state index contributed by atoms with van der Waals surface area (Å²) in [7, 11) is 0. The summed E-state index contributed by atoms with van der Waals surface area (Å²) in [5, 5.41) is 3.52. The molecule has 0 bridgehead atoms. The molecule has 1 unspecified atom stereocenters. The van der Waals surface area contributed by atoms with Gasteiger partial charge in [-0.1, -0.05) is 51.5 Å². The molecule has 15 heavy (non-hydrogen) atoms. The van der Waals surface area contributed by atoms with Crippen molar-refractivity contribution < 1.29 is 0 Å². The molecule has 1 aliphatic rings. The SMILES string of the molecule is CCC.CCC1Cc2ccccc2CN1. The number of rotatable bonds is 1. The fourth-order valence-corrected chi connectivity index (χ4v) is 1.81. The lowest BCUT2D eigenvalue weighted by atomic mass is 9.95. The summed E-state index contributed by atoms with van der Waals surface area (Å²) < 4.78 is 0. The molecule has 0 radical (unpaired) electrons. The Balaban J connectivity index is 0.000000337. The highest BCUT2D eigenvalue weighted by molar-refractivity contribution is 5.29. The molecule has 0 aliphatic carbocycles. The molecule has 1 N–H and O–H groups in total. The molecular weight excluding hydrogens is 182 g/mol. The normalized spacial score (nSPS) is 18.7. The average molecular weight is 205 g/mol. The van der Waals surface area contributed by atoms with Crippen molar-refractivity contribution >= 4 is 0 Å². The van der Waals surface area contributed by atoms with Crippen LogP contribution in [0.5, 0.6) is 0 Å². The van der Waals surface area contributed by atoms with Crippen LogP contribution < -0.4 is 5.32 Å². The Morgan fingerprint density at radius 1 is 1.13 bits per heavy atom. The summed E-state index contributed by atoms with van der Waals surface area (Å²) >= 11 is 0. The maximum atomic E-state index is 3.52. The molecule has 0 spiro atoms. The van der Waals surface area contributed by atoms with E-state index in [9.17, 15) is 0 Å². The Bertz CT molecular complexity index is 280. The van der Waals surface area contributed by atoms with Crippen LogP contribution in [-0.2, 0) is 13.0 Å². The molecule has 1 aromatic rings. The van der Waals surface area contributed by atoms with Gasteiger partial charge in [0, 0.05) is 12.6 Å². The summed E-state index contributed by atoms with van der Waals surface area (Å²) in [5.41, 5.74) is 3.00. The van der Waals surface area contributed by atoms with Crippen molar-refractivity contribution in [2.24, 2.45) is 0 Å². The highest BCUT2D eigenvalue weighted by atomic mass is 14.9. The minimum Gasteiger partial charge on any atom is -0.310 e. The van der Waals surface area contributed by atoms with Gasteiger partial charge in [-0.05, 0) is 24.0 Å². The van der Waals surface area contributed by atoms with Crippen molar-refractivity contribution in [3.63, 3.8) is 0 Å². The van der Waals surface area contributed by atoms with Crippen LogP contribution in [0.15, 0.2) is 24.3 Å².